The van der Waals surface area contributed by atoms with E-state index in [0.717, 1.165) is 25.7 Å². The molecule has 0 bridgehead atoms. The van der Waals surface area contributed by atoms with Crippen molar-refractivity contribution in [3.63, 3.8) is 0 Å². The summed E-state index contributed by atoms with van der Waals surface area (Å²) in [6.45, 7) is 6.67. The van der Waals surface area contributed by atoms with Crippen molar-refractivity contribution in [1.82, 2.24) is 0 Å². The minimum absolute atomic E-state index is 0.0525. The van der Waals surface area contributed by atoms with Crippen molar-refractivity contribution in [2.24, 2.45) is 17.3 Å². The number of fused-ring (bicyclic) bond motifs is 2. The molecule has 0 spiro atoms. The van der Waals surface area contributed by atoms with E-state index in [1.807, 2.05) is 0 Å². The average Bonchev–Trinajstić information content (AvgIpc) is 2.94. The summed E-state index contributed by atoms with van der Waals surface area (Å²) in [5.74, 6) is 0.799. The van der Waals surface area contributed by atoms with Crippen LogP contribution in [0.25, 0.3) is 0 Å². The smallest absolute Gasteiger partial charge is 0.0920 e. The van der Waals surface area contributed by atoms with E-state index in [9.17, 15) is 10.2 Å². The summed E-state index contributed by atoms with van der Waals surface area (Å²) in [6.07, 6.45) is 5.13. The topological polar surface area (TPSA) is 53.0 Å². The van der Waals surface area contributed by atoms with Gasteiger partial charge in [-0.2, -0.15) is 0 Å². The summed E-state index contributed by atoms with van der Waals surface area (Å²) in [5.41, 5.74) is -0.521. The first-order chi connectivity index (χ1) is 8.31. The lowest BCUT2D eigenvalue weighted by Gasteiger charge is -2.57. The zero-order valence-corrected chi connectivity index (χ0v) is 11.8. The van der Waals surface area contributed by atoms with Crippen molar-refractivity contribution in [3.8, 4) is 0 Å². The van der Waals surface area contributed by atoms with E-state index in [2.05, 4.69) is 20.8 Å². The molecule has 1 heterocycles. The molecular formula is C15H26O3. The van der Waals surface area contributed by atoms with Gasteiger partial charge in [-0.05, 0) is 56.3 Å². The van der Waals surface area contributed by atoms with Gasteiger partial charge in [0.15, 0.2) is 0 Å². The third-order valence-corrected chi connectivity index (χ3v) is 6.03. The van der Waals surface area contributed by atoms with Crippen LogP contribution in [0.1, 0.15) is 52.9 Å². The molecule has 3 nitrogen and oxygen atoms in total. The standard InChI is InChI=1S/C15H26O3/c1-13(2)8-11-10(13)4-6-14(3)12(18-14)5-7-15(11,17)9-16/h10-12,16-17H,4-9H2,1-3H3/t10-,11+,12?,14-,15-/m1/s1. The Hall–Kier alpha value is -0.120. The molecule has 3 rings (SSSR count). The van der Waals surface area contributed by atoms with Crippen molar-refractivity contribution >= 4 is 0 Å². The van der Waals surface area contributed by atoms with Gasteiger partial charge in [0.05, 0.1) is 23.9 Å². The SMILES string of the molecule is CC1(C)C[C@H]2[C@H]1CC[C@@]1(C)OC1CC[C@@]2(O)CO. The second kappa shape index (κ2) is 3.71. The molecule has 104 valence electrons. The summed E-state index contributed by atoms with van der Waals surface area (Å²) in [4.78, 5) is 0. The molecule has 1 saturated heterocycles. The van der Waals surface area contributed by atoms with Crippen LogP contribution >= 0.6 is 0 Å². The van der Waals surface area contributed by atoms with Crippen molar-refractivity contribution in [1.29, 1.82) is 0 Å². The number of hydrogen-bond acceptors (Lipinski definition) is 3. The number of aliphatic hydroxyl groups is 2. The molecule has 0 aromatic rings. The molecule has 2 aliphatic carbocycles. The largest absolute Gasteiger partial charge is 0.393 e. The van der Waals surface area contributed by atoms with Crippen LogP contribution in [0.2, 0.25) is 0 Å². The van der Waals surface area contributed by atoms with Gasteiger partial charge >= 0.3 is 0 Å². The third-order valence-electron chi connectivity index (χ3n) is 6.03. The number of hydrogen-bond donors (Lipinski definition) is 2. The summed E-state index contributed by atoms with van der Waals surface area (Å²) < 4.78 is 5.80. The van der Waals surface area contributed by atoms with Crippen molar-refractivity contribution < 1.29 is 14.9 Å². The molecule has 5 atom stereocenters. The first kappa shape index (κ1) is 12.9. The number of rotatable bonds is 1. The van der Waals surface area contributed by atoms with E-state index in [-0.39, 0.29) is 18.1 Å². The van der Waals surface area contributed by atoms with E-state index < -0.39 is 5.60 Å². The maximum absolute atomic E-state index is 10.7. The Morgan fingerprint density at radius 3 is 2.44 bits per heavy atom. The fraction of sp³-hybridized carbons (Fsp3) is 1.00. The molecule has 18 heavy (non-hydrogen) atoms. The Morgan fingerprint density at radius 1 is 1.11 bits per heavy atom. The third kappa shape index (κ3) is 1.75. The molecule has 0 amide bonds. The lowest BCUT2D eigenvalue weighted by Crippen LogP contribution is -2.57. The Balaban J connectivity index is 1.83. The Bertz CT molecular complexity index is 354. The van der Waals surface area contributed by atoms with Gasteiger partial charge in [0, 0.05) is 0 Å². The van der Waals surface area contributed by atoms with Crippen molar-refractivity contribution in [3.05, 3.63) is 0 Å². The van der Waals surface area contributed by atoms with E-state index >= 15 is 0 Å². The molecule has 1 unspecified atom stereocenters. The molecule has 2 N–H and O–H groups in total. The highest BCUT2D eigenvalue weighted by atomic mass is 16.6. The Morgan fingerprint density at radius 2 is 1.83 bits per heavy atom. The minimum atomic E-state index is -0.878. The normalized spacial score (nSPS) is 54.2. The second-order valence-corrected chi connectivity index (χ2v) is 7.66. The van der Waals surface area contributed by atoms with Crippen LogP contribution in [-0.2, 0) is 4.74 Å². The summed E-state index contributed by atoms with van der Waals surface area (Å²) in [5, 5.41) is 20.4. The lowest BCUT2D eigenvalue weighted by atomic mass is 9.49. The summed E-state index contributed by atoms with van der Waals surface area (Å²) in [7, 11) is 0. The molecule has 0 aromatic carbocycles. The average molecular weight is 254 g/mol. The van der Waals surface area contributed by atoms with Gasteiger partial charge in [0.2, 0.25) is 0 Å². The van der Waals surface area contributed by atoms with Crippen LogP contribution < -0.4 is 0 Å². The Kier molecular flexibility index (Phi) is 2.66. The summed E-state index contributed by atoms with van der Waals surface area (Å²) >= 11 is 0. The molecule has 3 fully saturated rings. The molecule has 2 saturated carbocycles. The van der Waals surface area contributed by atoms with Crippen LogP contribution in [0, 0.1) is 17.3 Å². The number of ether oxygens (including phenoxy) is 1. The van der Waals surface area contributed by atoms with Crippen LogP contribution in [0.4, 0.5) is 0 Å². The van der Waals surface area contributed by atoms with Crippen LogP contribution in [0.5, 0.6) is 0 Å². The predicted octanol–water partition coefficient (Wildman–Crippen LogP) is 2.10. The quantitative estimate of drug-likeness (QED) is 0.705. The molecule has 0 radical (unpaired) electrons. The van der Waals surface area contributed by atoms with E-state index in [0.29, 0.717) is 23.9 Å². The number of aliphatic hydroxyl groups excluding tert-OH is 1. The van der Waals surface area contributed by atoms with E-state index in [1.165, 1.54) is 0 Å². The van der Waals surface area contributed by atoms with E-state index in [1.54, 1.807) is 0 Å². The maximum atomic E-state index is 10.7. The summed E-state index contributed by atoms with van der Waals surface area (Å²) in [6, 6.07) is 0. The lowest BCUT2D eigenvalue weighted by molar-refractivity contribution is -0.170. The fourth-order valence-electron chi connectivity index (χ4n) is 4.48. The highest BCUT2D eigenvalue weighted by molar-refractivity contribution is 5.09. The molecular weight excluding hydrogens is 228 g/mol. The maximum Gasteiger partial charge on any atom is 0.0920 e. The van der Waals surface area contributed by atoms with Gasteiger partial charge in [-0.25, -0.2) is 0 Å². The highest BCUT2D eigenvalue weighted by Gasteiger charge is 2.60. The predicted molar refractivity (Wildman–Crippen MR) is 69.2 cm³/mol. The van der Waals surface area contributed by atoms with Crippen molar-refractivity contribution in [2.45, 2.75) is 70.2 Å². The van der Waals surface area contributed by atoms with Crippen LogP contribution in [0.3, 0.4) is 0 Å². The first-order valence-electron chi connectivity index (χ1n) is 7.32. The second-order valence-electron chi connectivity index (χ2n) is 7.66. The minimum Gasteiger partial charge on any atom is -0.393 e. The first-order valence-corrected chi connectivity index (χ1v) is 7.32. The monoisotopic (exact) mass is 254 g/mol. The van der Waals surface area contributed by atoms with Gasteiger partial charge in [-0.1, -0.05) is 13.8 Å². The zero-order chi connectivity index (χ0) is 13.2. The van der Waals surface area contributed by atoms with Gasteiger partial charge in [-0.3, -0.25) is 0 Å². The zero-order valence-electron chi connectivity index (χ0n) is 11.8. The van der Waals surface area contributed by atoms with Crippen LogP contribution in [-0.4, -0.2) is 34.1 Å². The molecule has 0 aromatic heterocycles. The van der Waals surface area contributed by atoms with Crippen molar-refractivity contribution in [2.75, 3.05) is 6.61 Å². The molecule has 3 aliphatic rings. The molecule has 1 aliphatic heterocycles. The van der Waals surface area contributed by atoms with E-state index in [4.69, 9.17) is 4.74 Å². The van der Waals surface area contributed by atoms with Gasteiger partial charge in [0.25, 0.3) is 0 Å². The van der Waals surface area contributed by atoms with Gasteiger partial charge < -0.3 is 14.9 Å². The number of epoxide rings is 1. The van der Waals surface area contributed by atoms with Gasteiger partial charge in [-0.15, -0.1) is 0 Å². The fourth-order valence-corrected chi connectivity index (χ4v) is 4.48. The Labute approximate surface area is 110 Å². The van der Waals surface area contributed by atoms with Crippen LogP contribution in [0.15, 0.2) is 0 Å². The van der Waals surface area contributed by atoms with Gasteiger partial charge in [0.1, 0.15) is 0 Å². The molecule has 3 heteroatoms. The highest BCUT2D eigenvalue weighted by Crippen LogP contribution is 2.60.